The van der Waals surface area contributed by atoms with E-state index >= 15 is 0 Å². The van der Waals surface area contributed by atoms with Gasteiger partial charge in [0.25, 0.3) is 0 Å². The van der Waals surface area contributed by atoms with E-state index in [0.29, 0.717) is 13.1 Å². The number of halogens is 3. The van der Waals surface area contributed by atoms with Gasteiger partial charge in [0.2, 0.25) is 5.82 Å². The molecule has 0 aliphatic carbocycles. The molecule has 1 aromatic carbocycles. The molecule has 122 valence electrons. The van der Waals surface area contributed by atoms with Crippen LogP contribution in [0.25, 0.3) is 0 Å². The van der Waals surface area contributed by atoms with Gasteiger partial charge in [0, 0.05) is 19.6 Å². The fourth-order valence-electron chi connectivity index (χ4n) is 2.56. The first-order valence-corrected chi connectivity index (χ1v) is 6.88. The number of nitrogens with zero attached hydrogens (tertiary/aromatic N) is 4. The standard InChI is InChI=1S/C14H13F3N4O2/c15-14(16,17)13-19-18-11-8-20(5-6-21(11)13)7-9-1-3-10(4-2-9)12(22)23/h1-4H,5-8H2,(H,22,23). The minimum absolute atomic E-state index is 0.171. The number of aromatic nitrogens is 3. The van der Waals surface area contributed by atoms with Crippen molar-refractivity contribution in [2.24, 2.45) is 0 Å². The minimum atomic E-state index is -4.50. The van der Waals surface area contributed by atoms with Crippen LogP contribution in [-0.4, -0.2) is 37.3 Å². The fourth-order valence-corrected chi connectivity index (χ4v) is 2.56. The Morgan fingerprint density at radius 1 is 1.17 bits per heavy atom. The van der Waals surface area contributed by atoms with E-state index < -0.39 is 18.0 Å². The molecule has 0 saturated heterocycles. The lowest BCUT2D eigenvalue weighted by atomic mass is 10.1. The molecule has 1 N–H and O–H groups in total. The smallest absolute Gasteiger partial charge is 0.451 e. The van der Waals surface area contributed by atoms with Crippen LogP contribution in [0.3, 0.4) is 0 Å². The molecule has 1 aliphatic heterocycles. The van der Waals surface area contributed by atoms with Crippen molar-refractivity contribution in [1.29, 1.82) is 0 Å². The van der Waals surface area contributed by atoms with Gasteiger partial charge in [0.1, 0.15) is 5.82 Å². The molecule has 3 rings (SSSR count). The quantitative estimate of drug-likeness (QED) is 0.934. The van der Waals surface area contributed by atoms with Gasteiger partial charge in [-0.1, -0.05) is 12.1 Å². The Hall–Kier alpha value is -2.42. The van der Waals surface area contributed by atoms with Crippen molar-refractivity contribution >= 4 is 5.97 Å². The van der Waals surface area contributed by atoms with Crippen LogP contribution in [0.5, 0.6) is 0 Å². The first-order valence-electron chi connectivity index (χ1n) is 6.88. The molecule has 0 fully saturated rings. The number of alkyl halides is 3. The maximum atomic E-state index is 12.8. The number of carboxylic acid groups (broad SMARTS) is 1. The molecular formula is C14H13F3N4O2. The summed E-state index contributed by atoms with van der Waals surface area (Å²) < 4.78 is 39.4. The molecule has 9 heteroatoms. The van der Waals surface area contributed by atoms with E-state index in [2.05, 4.69) is 10.2 Å². The van der Waals surface area contributed by atoms with Crippen LogP contribution in [0.1, 0.15) is 27.6 Å². The highest BCUT2D eigenvalue weighted by atomic mass is 19.4. The molecule has 0 amide bonds. The van der Waals surface area contributed by atoms with Crippen molar-refractivity contribution < 1.29 is 23.1 Å². The molecule has 0 radical (unpaired) electrons. The second-order valence-corrected chi connectivity index (χ2v) is 5.30. The van der Waals surface area contributed by atoms with Crippen LogP contribution in [0.4, 0.5) is 13.2 Å². The summed E-state index contributed by atoms with van der Waals surface area (Å²) in [5.41, 5.74) is 1.08. The van der Waals surface area contributed by atoms with Gasteiger partial charge in [-0.25, -0.2) is 4.79 Å². The van der Waals surface area contributed by atoms with Crippen molar-refractivity contribution in [1.82, 2.24) is 19.7 Å². The van der Waals surface area contributed by atoms with Crippen LogP contribution in [0, 0.1) is 0 Å². The molecule has 2 heterocycles. The highest BCUT2D eigenvalue weighted by Gasteiger charge is 2.39. The Morgan fingerprint density at radius 2 is 1.87 bits per heavy atom. The number of hydrogen-bond donors (Lipinski definition) is 1. The van der Waals surface area contributed by atoms with E-state index in [1.807, 2.05) is 4.90 Å². The lowest BCUT2D eigenvalue weighted by molar-refractivity contribution is -0.148. The second-order valence-electron chi connectivity index (χ2n) is 5.30. The largest absolute Gasteiger partial charge is 0.478 e. The average molecular weight is 326 g/mol. The van der Waals surface area contributed by atoms with E-state index in [1.165, 1.54) is 12.1 Å². The first-order chi connectivity index (χ1) is 10.8. The zero-order valence-corrected chi connectivity index (χ0v) is 11.9. The van der Waals surface area contributed by atoms with Crippen molar-refractivity contribution in [2.75, 3.05) is 6.54 Å². The summed E-state index contributed by atoms with van der Waals surface area (Å²) >= 11 is 0. The van der Waals surface area contributed by atoms with Crippen LogP contribution in [0.15, 0.2) is 24.3 Å². The second kappa shape index (κ2) is 5.65. The van der Waals surface area contributed by atoms with Gasteiger partial charge in [-0.15, -0.1) is 10.2 Å². The fraction of sp³-hybridized carbons (Fsp3) is 0.357. The van der Waals surface area contributed by atoms with Crippen LogP contribution >= 0.6 is 0 Å². The normalized spacial score (nSPS) is 15.4. The maximum Gasteiger partial charge on any atom is 0.451 e. The number of carbonyl (C=O) groups is 1. The molecule has 23 heavy (non-hydrogen) atoms. The van der Waals surface area contributed by atoms with Gasteiger partial charge in [0.15, 0.2) is 0 Å². The average Bonchev–Trinajstić information content (AvgIpc) is 2.91. The van der Waals surface area contributed by atoms with Gasteiger partial charge < -0.3 is 9.67 Å². The third kappa shape index (κ3) is 3.19. The minimum Gasteiger partial charge on any atom is -0.478 e. The Balaban J connectivity index is 1.70. The molecule has 0 spiro atoms. The summed E-state index contributed by atoms with van der Waals surface area (Å²) in [6.45, 7) is 1.39. The summed E-state index contributed by atoms with van der Waals surface area (Å²) in [4.78, 5) is 12.7. The van der Waals surface area contributed by atoms with Gasteiger partial charge in [-0.2, -0.15) is 13.2 Å². The molecule has 1 aliphatic rings. The van der Waals surface area contributed by atoms with Gasteiger partial charge in [0.05, 0.1) is 12.1 Å². The van der Waals surface area contributed by atoms with E-state index in [9.17, 15) is 18.0 Å². The SMILES string of the molecule is O=C(O)c1ccc(CN2CCn3c(nnc3C(F)(F)F)C2)cc1. The lowest BCUT2D eigenvalue weighted by Crippen LogP contribution is -2.34. The Labute approximate surface area is 129 Å². The highest BCUT2D eigenvalue weighted by molar-refractivity contribution is 5.87. The molecule has 0 unspecified atom stereocenters. The third-order valence-electron chi connectivity index (χ3n) is 3.69. The Kier molecular flexibility index (Phi) is 3.80. The first kappa shape index (κ1) is 15.5. The number of benzene rings is 1. The molecule has 6 nitrogen and oxygen atoms in total. The summed E-state index contributed by atoms with van der Waals surface area (Å²) in [6, 6.07) is 6.41. The van der Waals surface area contributed by atoms with Crippen molar-refractivity contribution in [3.05, 3.63) is 47.0 Å². The zero-order chi connectivity index (χ0) is 16.6. The number of rotatable bonds is 3. The van der Waals surface area contributed by atoms with Gasteiger partial charge in [-0.05, 0) is 17.7 Å². The molecule has 0 bridgehead atoms. The monoisotopic (exact) mass is 326 g/mol. The number of aromatic carboxylic acids is 1. The molecule has 1 aromatic heterocycles. The van der Waals surface area contributed by atoms with Crippen molar-refractivity contribution in [2.45, 2.75) is 25.8 Å². The number of fused-ring (bicyclic) bond motifs is 1. The predicted octanol–water partition coefficient (Wildman–Crippen LogP) is 2.01. The number of hydrogen-bond acceptors (Lipinski definition) is 4. The predicted molar refractivity (Wildman–Crippen MR) is 72.5 cm³/mol. The highest BCUT2D eigenvalue weighted by Crippen LogP contribution is 2.29. The lowest BCUT2D eigenvalue weighted by Gasteiger charge is -2.27. The summed E-state index contributed by atoms with van der Waals surface area (Å²) in [5, 5.41) is 15.7. The molecular weight excluding hydrogens is 313 g/mol. The van der Waals surface area contributed by atoms with E-state index in [0.717, 1.165) is 10.1 Å². The topological polar surface area (TPSA) is 71.2 Å². The van der Waals surface area contributed by atoms with Crippen molar-refractivity contribution in [3.8, 4) is 0 Å². The number of carboxylic acids is 1. The molecule has 0 saturated carbocycles. The van der Waals surface area contributed by atoms with Crippen molar-refractivity contribution in [3.63, 3.8) is 0 Å². The summed E-state index contributed by atoms with van der Waals surface area (Å²) in [5.74, 6) is -1.68. The van der Waals surface area contributed by atoms with E-state index in [4.69, 9.17) is 5.11 Å². The molecule has 2 aromatic rings. The van der Waals surface area contributed by atoms with E-state index in [1.54, 1.807) is 12.1 Å². The molecule has 0 atom stereocenters. The van der Waals surface area contributed by atoms with Crippen LogP contribution in [-0.2, 0) is 25.8 Å². The van der Waals surface area contributed by atoms with Gasteiger partial charge in [-0.3, -0.25) is 4.90 Å². The van der Waals surface area contributed by atoms with E-state index in [-0.39, 0.29) is 24.5 Å². The Bertz CT molecular complexity index is 725. The summed E-state index contributed by atoms with van der Waals surface area (Å²) in [7, 11) is 0. The summed E-state index contributed by atoms with van der Waals surface area (Å²) in [6.07, 6.45) is -4.50. The van der Waals surface area contributed by atoms with Crippen LogP contribution in [0.2, 0.25) is 0 Å². The zero-order valence-electron chi connectivity index (χ0n) is 11.9. The van der Waals surface area contributed by atoms with Gasteiger partial charge >= 0.3 is 12.1 Å². The third-order valence-corrected chi connectivity index (χ3v) is 3.69. The Morgan fingerprint density at radius 3 is 2.48 bits per heavy atom. The van der Waals surface area contributed by atoms with Crippen LogP contribution < -0.4 is 0 Å². The maximum absolute atomic E-state index is 12.8.